The molecule has 2 aromatic heterocycles. The molecule has 3 rings (SSSR count). The minimum absolute atomic E-state index is 0.0951. The summed E-state index contributed by atoms with van der Waals surface area (Å²) in [7, 11) is 0. The number of amides is 1. The van der Waals surface area contributed by atoms with Crippen LogP contribution in [0, 0.1) is 0 Å². The zero-order chi connectivity index (χ0) is 19.6. The highest BCUT2D eigenvalue weighted by molar-refractivity contribution is 7.16. The van der Waals surface area contributed by atoms with Gasteiger partial charge in [-0.2, -0.15) is 0 Å². The summed E-state index contributed by atoms with van der Waals surface area (Å²) < 4.78 is 1.51. The van der Waals surface area contributed by atoms with E-state index in [1.165, 1.54) is 22.2 Å². The van der Waals surface area contributed by atoms with Crippen molar-refractivity contribution in [3.8, 4) is 0 Å². The van der Waals surface area contributed by atoms with E-state index in [9.17, 15) is 9.59 Å². The molecule has 0 fully saturated rings. The molecular weight excluding hydrogens is 358 g/mol. The van der Waals surface area contributed by atoms with Crippen molar-refractivity contribution in [1.29, 1.82) is 0 Å². The van der Waals surface area contributed by atoms with Crippen LogP contribution >= 0.6 is 11.3 Å². The Morgan fingerprint density at radius 2 is 1.81 bits per heavy atom. The third-order valence-corrected chi connectivity index (χ3v) is 5.49. The Morgan fingerprint density at radius 1 is 1.15 bits per heavy atom. The van der Waals surface area contributed by atoms with Crippen LogP contribution in [0.4, 0.5) is 5.69 Å². The van der Waals surface area contributed by atoms with Crippen molar-refractivity contribution in [3.63, 3.8) is 0 Å². The molecule has 0 unspecified atom stereocenters. The number of anilines is 1. The number of aryl methyl sites for hydroxylation is 1. The van der Waals surface area contributed by atoms with Gasteiger partial charge in [-0.25, -0.2) is 4.98 Å². The Bertz CT molecular complexity index is 991. The topological polar surface area (TPSA) is 64.0 Å². The van der Waals surface area contributed by atoms with Gasteiger partial charge in [-0.1, -0.05) is 45.9 Å². The van der Waals surface area contributed by atoms with Crippen LogP contribution in [0.1, 0.15) is 57.1 Å². The first-order valence-corrected chi connectivity index (χ1v) is 10.1. The number of carbonyl (C=O) groups excluding carboxylic acids is 1. The van der Waals surface area contributed by atoms with Crippen molar-refractivity contribution in [1.82, 2.24) is 9.55 Å². The normalized spacial score (nSPS) is 11.5. The Balaban J connectivity index is 1.78. The molecule has 0 bridgehead atoms. The van der Waals surface area contributed by atoms with Gasteiger partial charge in [0.1, 0.15) is 4.83 Å². The fourth-order valence-corrected chi connectivity index (χ4v) is 3.90. The monoisotopic (exact) mass is 383 g/mol. The average molecular weight is 384 g/mol. The summed E-state index contributed by atoms with van der Waals surface area (Å²) in [6, 6.07) is 7.94. The molecule has 5 nitrogen and oxygen atoms in total. The average Bonchev–Trinajstić information content (AvgIpc) is 3.10. The maximum absolute atomic E-state index is 12.6. The van der Waals surface area contributed by atoms with Gasteiger partial charge >= 0.3 is 0 Å². The first-order chi connectivity index (χ1) is 12.9. The molecule has 0 saturated heterocycles. The van der Waals surface area contributed by atoms with Crippen LogP contribution < -0.4 is 10.9 Å². The molecule has 0 aliphatic rings. The third-order valence-electron chi connectivity index (χ3n) is 4.67. The molecular formula is C21H25N3O2S. The van der Waals surface area contributed by atoms with Gasteiger partial charge < -0.3 is 5.32 Å². The molecule has 1 amide bonds. The minimum Gasteiger partial charge on any atom is -0.326 e. The lowest BCUT2D eigenvalue weighted by Crippen LogP contribution is -2.23. The van der Waals surface area contributed by atoms with Crippen LogP contribution in [-0.4, -0.2) is 15.5 Å². The van der Waals surface area contributed by atoms with Crippen molar-refractivity contribution >= 4 is 33.1 Å². The number of nitrogens with one attached hydrogen (secondary N) is 1. The summed E-state index contributed by atoms with van der Waals surface area (Å²) >= 11 is 1.44. The Hall–Kier alpha value is -2.47. The smallest absolute Gasteiger partial charge is 0.262 e. The molecule has 0 atom stereocenters. The Morgan fingerprint density at radius 3 is 2.44 bits per heavy atom. The van der Waals surface area contributed by atoms with Crippen LogP contribution in [0.15, 0.2) is 40.8 Å². The van der Waals surface area contributed by atoms with E-state index >= 15 is 0 Å². The molecule has 27 heavy (non-hydrogen) atoms. The molecule has 3 aromatic rings. The summed E-state index contributed by atoms with van der Waals surface area (Å²) in [4.78, 5) is 30.1. The third kappa shape index (κ3) is 4.11. The lowest BCUT2D eigenvalue weighted by molar-refractivity contribution is -0.116. The molecule has 1 aromatic carbocycles. The first kappa shape index (κ1) is 19.3. The highest BCUT2D eigenvalue weighted by Gasteiger charge is 2.16. The largest absolute Gasteiger partial charge is 0.326 e. The molecule has 0 aliphatic heterocycles. The fraction of sp³-hybridized carbons (Fsp3) is 0.381. The predicted molar refractivity (Wildman–Crippen MR) is 112 cm³/mol. The maximum Gasteiger partial charge on any atom is 0.262 e. The number of para-hydroxylation sites is 1. The van der Waals surface area contributed by atoms with Gasteiger partial charge in [-0.15, -0.1) is 11.3 Å². The molecule has 142 valence electrons. The number of nitrogens with zero attached hydrogens (tertiary/aromatic N) is 2. The van der Waals surface area contributed by atoms with Gasteiger partial charge in [0, 0.05) is 18.7 Å². The maximum atomic E-state index is 12.6. The van der Waals surface area contributed by atoms with Crippen LogP contribution in [0.5, 0.6) is 0 Å². The van der Waals surface area contributed by atoms with Gasteiger partial charge in [-0.3, -0.25) is 14.2 Å². The van der Waals surface area contributed by atoms with Gasteiger partial charge in [0.2, 0.25) is 5.91 Å². The highest BCUT2D eigenvalue weighted by Crippen LogP contribution is 2.32. The zero-order valence-corrected chi connectivity index (χ0v) is 17.0. The predicted octanol–water partition coefficient (Wildman–Crippen LogP) is 4.73. The van der Waals surface area contributed by atoms with Crippen molar-refractivity contribution in [2.75, 3.05) is 5.32 Å². The molecule has 1 N–H and O–H groups in total. The quantitative estimate of drug-likeness (QED) is 0.669. The number of benzene rings is 1. The summed E-state index contributed by atoms with van der Waals surface area (Å²) in [6.07, 6.45) is 1.75. The molecule has 2 heterocycles. The van der Waals surface area contributed by atoms with E-state index in [-0.39, 0.29) is 17.9 Å². The summed E-state index contributed by atoms with van der Waals surface area (Å²) in [6.45, 7) is 8.80. The minimum atomic E-state index is -0.0977. The number of hydrogen-bond acceptors (Lipinski definition) is 4. The molecule has 0 spiro atoms. The second-order valence-corrected chi connectivity index (χ2v) is 8.20. The molecule has 0 saturated carbocycles. The number of carbonyl (C=O) groups is 1. The van der Waals surface area contributed by atoms with E-state index in [1.807, 2.05) is 11.4 Å². The standard InChI is InChI=1S/C21H25N3O2S/c1-13(2)15-6-5-7-16(14(3)4)19(15)23-18(25)8-10-24-12-22-20-17(21(24)26)9-11-27-20/h5-7,9,11-14H,8,10H2,1-4H3,(H,23,25). The highest BCUT2D eigenvalue weighted by atomic mass is 32.1. The fourth-order valence-electron chi connectivity index (χ4n) is 3.17. The Labute approximate surface area is 163 Å². The second kappa shape index (κ2) is 8.05. The number of aromatic nitrogens is 2. The van der Waals surface area contributed by atoms with Crippen LogP contribution in [-0.2, 0) is 11.3 Å². The summed E-state index contributed by atoms with van der Waals surface area (Å²) in [5.41, 5.74) is 3.08. The van der Waals surface area contributed by atoms with Gasteiger partial charge in [-0.05, 0) is 34.4 Å². The van der Waals surface area contributed by atoms with Crippen molar-refractivity contribution < 1.29 is 4.79 Å². The van der Waals surface area contributed by atoms with Crippen molar-refractivity contribution in [3.05, 3.63) is 57.5 Å². The van der Waals surface area contributed by atoms with Crippen LogP contribution in [0.2, 0.25) is 0 Å². The van der Waals surface area contributed by atoms with E-state index < -0.39 is 0 Å². The lowest BCUT2D eigenvalue weighted by Gasteiger charge is -2.20. The molecule has 0 radical (unpaired) electrons. The molecule has 6 heteroatoms. The molecule has 0 aliphatic carbocycles. The van der Waals surface area contributed by atoms with E-state index in [1.54, 1.807) is 6.07 Å². The first-order valence-electron chi connectivity index (χ1n) is 9.23. The van der Waals surface area contributed by atoms with Crippen LogP contribution in [0.3, 0.4) is 0 Å². The number of hydrogen-bond donors (Lipinski definition) is 1. The number of thiophene rings is 1. The zero-order valence-electron chi connectivity index (χ0n) is 16.2. The van der Waals surface area contributed by atoms with E-state index in [0.29, 0.717) is 23.8 Å². The van der Waals surface area contributed by atoms with Gasteiger partial charge in [0.15, 0.2) is 0 Å². The van der Waals surface area contributed by atoms with E-state index in [0.717, 1.165) is 21.6 Å². The van der Waals surface area contributed by atoms with Gasteiger partial charge in [0.25, 0.3) is 5.56 Å². The lowest BCUT2D eigenvalue weighted by atomic mass is 9.92. The SMILES string of the molecule is CC(C)c1cccc(C(C)C)c1NC(=O)CCn1cnc2sccc2c1=O. The Kier molecular flexibility index (Phi) is 5.75. The van der Waals surface area contributed by atoms with Gasteiger partial charge in [0.05, 0.1) is 11.7 Å². The van der Waals surface area contributed by atoms with E-state index in [4.69, 9.17) is 0 Å². The van der Waals surface area contributed by atoms with Crippen LogP contribution in [0.25, 0.3) is 10.2 Å². The number of fused-ring (bicyclic) bond motifs is 1. The van der Waals surface area contributed by atoms with Crippen molar-refractivity contribution in [2.45, 2.75) is 52.5 Å². The second-order valence-electron chi connectivity index (χ2n) is 7.30. The van der Waals surface area contributed by atoms with E-state index in [2.05, 4.69) is 50.1 Å². The van der Waals surface area contributed by atoms with Crippen molar-refractivity contribution in [2.24, 2.45) is 0 Å². The summed E-state index contributed by atoms with van der Waals surface area (Å²) in [5, 5.41) is 5.55. The number of rotatable bonds is 6. The summed E-state index contributed by atoms with van der Waals surface area (Å²) in [5.74, 6) is 0.529.